The SMILES string of the molecule is C#Cc1ccc(-c2[nH]c(=O)c3cc(C)ccc3c2[N+](=O)[O-])cc1.Cc1ccc(-c2[nH]c(=O)c3cc(C)ccc3c2C=O)cc1.Cc1ccc(-c2[nH]c(=O)c3cc(C)ccc3c2I)cc1.Cc1ccc(-c2[nH]c(=O)c3cc(C)ccc3c2NC=O)cc1.Cc1ccc2c([N+](=O)[O-])c(-c3ccc(Br)cc3)[nH]c(=O)c2c1.Cc1ccc2cc(-c3ccc(C#C[Si](C)(C)C)cc3)[nH]c(=O)c2c1. The summed E-state index contributed by atoms with van der Waals surface area (Å²) in [6, 6.07) is 80.7. The van der Waals surface area contributed by atoms with Crippen molar-refractivity contribution in [2.45, 2.75) is 82.0 Å². The Labute approximate surface area is 781 Å². The molecule has 132 heavy (non-hydrogen) atoms. The van der Waals surface area contributed by atoms with Crippen molar-refractivity contribution in [2.24, 2.45) is 0 Å². The summed E-state index contributed by atoms with van der Waals surface area (Å²) in [5, 5.41) is 33.2. The number of aromatic amines is 6. The number of anilines is 1. The number of H-pyrrole nitrogens is 6. The molecule has 18 aromatic rings. The number of carbonyl (C=O) groups is 2. The molecule has 1 amide bonds. The number of carbonyl (C=O) groups excluding carboxylic acids is 2. The van der Waals surface area contributed by atoms with E-state index in [-0.39, 0.29) is 56.1 Å². The number of fused-ring (bicyclic) bond motifs is 6. The van der Waals surface area contributed by atoms with E-state index in [2.05, 4.69) is 130 Å². The molecule has 0 saturated carbocycles. The van der Waals surface area contributed by atoms with Gasteiger partial charge < -0.3 is 35.2 Å². The molecule has 0 aliphatic rings. The van der Waals surface area contributed by atoms with E-state index in [4.69, 9.17) is 6.42 Å². The van der Waals surface area contributed by atoms with Crippen LogP contribution in [0, 0.1) is 110 Å². The summed E-state index contributed by atoms with van der Waals surface area (Å²) in [5.41, 5.74) is 22.5. The third-order valence-electron chi connectivity index (χ3n) is 21.8. The van der Waals surface area contributed by atoms with Gasteiger partial charge in [0.15, 0.2) is 6.29 Å². The molecular weight excluding hydrogens is 1850 g/mol. The van der Waals surface area contributed by atoms with Crippen LogP contribution in [0.4, 0.5) is 17.1 Å². The Morgan fingerprint density at radius 2 is 0.674 bits per heavy atom. The molecule has 0 aliphatic heterocycles. The molecule has 24 heteroatoms. The first-order valence-corrected chi connectivity index (χ1v) is 47.2. The van der Waals surface area contributed by atoms with E-state index in [1.54, 1.807) is 91.0 Å². The number of aromatic nitrogens is 6. The number of aryl methyl sites for hydroxylation is 9. The standard InChI is InChI=1S/C21H21NOSi.C18H12N2O3.C18H16N2O2.C18H15NO2.C17H14INO.C16H11BrN2O3/c1-15-5-8-18-14-20(22-21(23)19(18)13-15)17-9-6-16(7-10-17)11-12-24(2,3)4;1-3-12-5-7-13(8-6-12)16-17(20(22)23)14-9-4-11(2)10-15(14)18(21)19-16;1-11-3-6-13(7-4-11)16-17(19-10-21)14-8-5-12(2)9-15(14)18(22)20-16;1-11-3-6-13(7-4-11)17-16(10-20)14-8-5-12(2)9-15(14)18(21)19-17;1-10-3-6-12(7-4-10)16-15(18)13-8-5-11(2)9-14(13)17(20)19-16;1-9-2-7-12-13(8-9)16(20)18-14(15(12)19(21)22)10-3-5-11(17)6-4-10/h5-10,13-14H,1-4H3,(H,22,23);1,4-10H,2H3,(H,19,21);3-10H,1-2H3,(H,19,21)(H,20,22);3-10H,1-2H3,(H,19,21);3-9H,1-2H3,(H,19,20);2-8H,1H3,(H,18,20). The summed E-state index contributed by atoms with van der Waals surface area (Å²) < 4.78 is 1.94. The summed E-state index contributed by atoms with van der Waals surface area (Å²) >= 11 is 5.63. The Morgan fingerprint density at radius 1 is 0.356 bits per heavy atom. The topological polar surface area (TPSA) is 330 Å². The van der Waals surface area contributed by atoms with Crippen molar-refractivity contribution in [3.05, 3.63) is 418 Å². The lowest BCUT2D eigenvalue weighted by Crippen LogP contribution is -2.16. The van der Waals surface area contributed by atoms with Gasteiger partial charge in [0.05, 0.1) is 54.2 Å². The molecule has 0 spiro atoms. The number of amides is 1. The molecule has 6 heterocycles. The molecule has 6 aromatic heterocycles. The average Bonchev–Trinajstić information content (AvgIpc) is 0.818. The monoisotopic (exact) mass is 1940 g/mol. The van der Waals surface area contributed by atoms with Crippen LogP contribution >= 0.6 is 38.5 Å². The van der Waals surface area contributed by atoms with Gasteiger partial charge in [-0.25, -0.2) is 0 Å². The number of nitrogens with zero attached hydrogens (tertiary/aromatic N) is 2. The molecule has 0 aliphatic carbocycles. The van der Waals surface area contributed by atoms with Gasteiger partial charge in [0.2, 0.25) is 6.41 Å². The van der Waals surface area contributed by atoms with Crippen molar-refractivity contribution in [1.82, 2.24) is 29.9 Å². The number of benzene rings is 12. The highest BCUT2D eigenvalue weighted by Gasteiger charge is 2.26. The number of hydrogen-bond acceptors (Lipinski definition) is 12. The van der Waals surface area contributed by atoms with Gasteiger partial charge in [-0.05, 0) is 203 Å². The van der Waals surface area contributed by atoms with Crippen LogP contribution in [0.1, 0.15) is 71.6 Å². The van der Waals surface area contributed by atoms with E-state index >= 15 is 0 Å². The van der Waals surface area contributed by atoms with Crippen molar-refractivity contribution >= 4 is 141 Å². The number of nitrogens with one attached hydrogen (secondary N) is 7. The Hall–Kier alpha value is -15.6. The van der Waals surface area contributed by atoms with Crippen LogP contribution in [-0.4, -0.2) is 60.5 Å². The minimum Gasteiger partial charge on any atom is -0.326 e. The number of hydrogen-bond donors (Lipinski definition) is 7. The summed E-state index contributed by atoms with van der Waals surface area (Å²) in [6.07, 6.45) is 6.75. The predicted octanol–water partition coefficient (Wildman–Crippen LogP) is 23.7. The molecule has 656 valence electrons. The maximum absolute atomic E-state index is 12.4. The fourth-order valence-corrected chi connectivity index (χ4v) is 16.7. The minimum atomic E-state index is -1.37. The number of rotatable bonds is 11. The Morgan fingerprint density at radius 3 is 1.11 bits per heavy atom. The number of aldehydes is 1. The van der Waals surface area contributed by atoms with Crippen LogP contribution < -0.4 is 38.7 Å². The highest BCUT2D eigenvalue weighted by Crippen LogP contribution is 2.38. The van der Waals surface area contributed by atoms with Crippen LogP contribution in [0.25, 0.3) is 132 Å². The first kappa shape index (κ1) is 94.0. The molecule has 7 N–H and O–H groups in total. The van der Waals surface area contributed by atoms with Crippen LogP contribution in [0.2, 0.25) is 19.6 Å². The van der Waals surface area contributed by atoms with E-state index < -0.39 is 17.9 Å². The Kier molecular flexibility index (Phi) is 29.1. The van der Waals surface area contributed by atoms with Gasteiger partial charge in [0, 0.05) is 79.4 Å². The van der Waals surface area contributed by atoms with Gasteiger partial charge in [-0.15, -0.1) is 12.0 Å². The zero-order chi connectivity index (χ0) is 94.7. The second-order valence-electron chi connectivity index (χ2n) is 33.1. The minimum absolute atomic E-state index is 0.0281. The fourth-order valence-electron chi connectivity index (χ4n) is 15.0. The van der Waals surface area contributed by atoms with Crippen LogP contribution in [0.15, 0.2) is 294 Å². The summed E-state index contributed by atoms with van der Waals surface area (Å²) in [4.78, 5) is 136. The lowest BCUT2D eigenvalue weighted by Gasteiger charge is -2.12. The predicted molar refractivity (Wildman–Crippen MR) is 550 cm³/mol. The van der Waals surface area contributed by atoms with E-state index in [0.717, 1.165) is 125 Å². The summed E-state index contributed by atoms with van der Waals surface area (Å²) in [5.74, 6) is 5.73. The highest BCUT2D eigenvalue weighted by atomic mass is 127. The maximum Gasteiger partial charge on any atom is 0.301 e. The molecular formula is C108H89BrIN9O12Si. The second-order valence-corrected chi connectivity index (χ2v) is 39.8. The van der Waals surface area contributed by atoms with E-state index in [1.807, 2.05) is 213 Å². The van der Waals surface area contributed by atoms with Gasteiger partial charge in [-0.2, -0.15) is 0 Å². The molecule has 0 saturated heterocycles. The zero-order valence-corrected chi connectivity index (χ0v) is 78.9. The average molecular weight is 1940 g/mol. The number of halogens is 2. The van der Waals surface area contributed by atoms with Crippen molar-refractivity contribution < 1.29 is 19.4 Å². The molecule has 18 rings (SSSR count). The van der Waals surface area contributed by atoms with Crippen LogP contribution in [0.3, 0.4) is 0 Å². The Balaban J connectivity index is 0.000000135. The molecule has 0 unspecified atom stereocenters. The lowest BCUT2D eigenvalue weighted by molar-refractivity contribution is -0.382. The van der Waals surface area contributed by atoms with Gasteiger partial charge in [-0.1, -0.05) is 267 Å². The van der Waals surface area contributed by atoms with E-state index in [0.29, 0.717) is 83.4 Å². The highest BCUT2D eigenvalue weighted by molar-refractivity contribution is 14.1. The van der Waals surface area contributed by atoms with Crippen molar-refractivity contribution in [3.63, 3.8) is 0 Å². The van der Waals surface area contributed by atoms with Crippen LogP contribution in [0.5, 0.6) is 0 Å². The third-order valence-corrected chi connectivity index (χ3v) is 24.3. The van der Waals surface area contributed by atoms with Gasteiger partial charge >= 0.3 is 11.4 Å². The van der Waals surface area contributed by atoms with Gasteiger partial charge in [-0.3, -0.25) is 58.6 Å². The first-order valence-electron chi connectivity index (χ1n) is 41.8. The smallest absolute Gasteiger partial charge is 0.301 e. The molecule has 12 aromatic carbocycles. The van der Waals surface area contributed by atoms with Crippen molar-refractivity contribution in [3.8, 4) is 91.4 Å². The molecule has 21 nitrogen and oxygen atoms in total. The molecule has 0 bridgehead atoms. The normalized spacial score (nSPS) is 10.8. The van der Waals surface area contributed by atoms with Crippen molar-refractivity contribution in [1.29, 1.82) is 0 Å². The number of terminal acetylenes is 1. The third kappa shape index (κ3) is 21.9. The number of pyridine rings is 6. The van der Waals surface area contributed by atoms with Gasteiger partial charge in [0.1, 0.15) is 19.5 Å². The molecule has 0 atom stereocenters. The quantitative estimate of drug-likeness (QED) is 0.0159. The maximum atomic E-state index is 12.4. The van der Waals surface area contributed by atoms with Crippen LogP contribution in [-0.2, 0) is 4.79 Å². The zero-order valence-electron chi connectivity index (χ0n) is 74.1. The van der Waals surface area contributed by atoms with E-state index in [9.17, 15) is 58.6 Å². The van der Waals surface area contributed by atoms with Gasteiger partial charge in [0.25, 0.3) is 33.4 Å². The van der Waals surface area contributed by atoms with E-state index in [1.165, 1.54) is 5.56 Å². The first-order chi connectivity index (χ1) is 63.0. The largest absolute Gasteiger partial charge is 0.326 e. The lowest BCUT2D eigenvalue weighted by atomic mass is 9.99. The molecule has 0 radical (unpaired) electrons. The number of nitro groups is 2. The van der Waals surface area contributed by atoms with Crippen molar-refractivity contribution in [2.75, 3.05) is 5.32 Å². The summed E-state index contributed by atoms with van der Waals surface area (Å²) in [7, 11) is -1.37. The Bertz CT molecular complexity index is 8100. The summed E-state index contributed by atoms with van der Waals surface area (Å²) in [6.45, 7) is 24.3. The fraction of sp³-hybridized carbons (Fsp3) is 0.111. The second kappa shape index (κ2) is 40.8. The molecule has 0 fully saturated rings.